The molecule has 0 aliphatic heterocycles. The van der Waals surface area contributed by atoms with E-state index in [0.717, 1.165) is 10.8 Å². The standard InChI is InChI=1S/C14H17N3S/c1-10-6-4-5-7-12(10)11(2)17-13-8-14(18-3)16-9-15-13/h4-9,11H,1-3H3,(H,15,16,17). The van der Waals surface area contributed by atoms with Crippen LogP contribution in [0.1, 0.15) is 24.1 Å². The van der Waals surface area contributed by atoms with Crippen molar-refractivity contribution in [3.63, 3.8) is 0 Å². The third kappa shape index (κ3) is 3.01. The lowest BCUT2D eigenvalue weighted by Gasteiger charge is -2.17. The monoisotopic (exact) mass is 259 g/mol. The van der Waals surface area contributed by atoms with Gasteiger partial charge >= 0.3 is 0 Å². The predicted octanol–water partition coefficient (Wildman–Crippen LogP) is 3.68. The van der Waals surface area contributed by atoms with Crippen molar-refractivity contribution in [1.82, 2.24) is 9.97 Å². The summed E-state index contributed by atoms with van der Waals surface area (Å²) in [5, 5.41) is 4.39. The van der Waals surface area contributed by atoms with Gasteiger partial charge in [-0.05, 0) is 31.2 Å². The lowest BCUT2D eigenvalue weighted by molar-refractivity contribution is 0.857. The Morgan fingerprint density at radius 2 is 2.00 bits per heavy atom. The fourth-order valence-corrected chi connectivity index (χ4v) is 2.28. The number of hydrogen-bond acceptors (Lipinski definition) is 4. The molecule has 18 heavy (non-hydrogen) atoms. The van der Waals surface area contributed by atoms with Gasteiger partial charge in [0.25, 0.3) is 0 Å². The van der Waals surface area contributed by atoms with Crippen LogP contribution >= 0.6 is 11.8 Å². The van der Waals surface area contributed by atoms with Gasteiger partial charge in [-0.2, -0.15) is 0 Å². The molecule has 94 valence electrons. The van der Waals surface area contributed by atoms with Crippen LogP contribution in [0.15, 0.2) is 41.7 Å². The highest BCUT2D eigenvalue weighted by atomic mass is 32.2. The number of aryl methyl sites for hydroxylation is 1. The summed E-state index contributed by atoms with van der Waals surface area (Å²) in [5.41, 5.74) is 2.58. The fraction of sp³-hybridized carbons (Fsp3) is 0.286. The molecule has 2 rings (SSSR count). The Kier molecular flexibility index (Phi) is 4.20. The first kappa shape index (κ1) is 12.9. The van der Waals surface area contributed by atoms with Crippen LogP contribution < -0.4 is 5.32 Å². The van der Waals surface area contributed by atoms with Crippen molar-refractivity contribution in [3.8, 4) is 0 Å². The zero-order valence-corrected chi connectivity index (χ0v) is 11.7. The molecule has 0 saturated carbocycles. The zero-order valence-electron chi connectivity index (χ0n) is 10.8. The number of benzene rings is 1. The van der Waals surface area contributed by atoms with Gasteiger partial charge in [0.05, 0.1) is 6.04 Å². The van der Waals surface area contributed by atoms with E-state index in [1.807, 2.05) is 12.3 Å². The van der Waals surface area contributed by atoms with Crippen LogP contribution in [0.3, 0.4) is 0 Å². The molecule has 4 heteroatoms. The first-order valence-electron chi connectivity index (χ1n) is 5.89. The van der Waals surface area contributed by atoms with Crippen molar-refractivity contribution in [1.29, 1.82) is 0 Å². The third-order valence-electron chi connectivity index (χ3n) is 2.87. The molecule has 0 amide bonds. The van der Waals surface area contributed by atoms with Crippen molar-refractivity contribution in [2.24, 2.45) is 0 Å². The summed E-state index contributed by atoms with van der Waals surface area (Å²) in [6, 6.07) is 10.6. The minimum Gasteiger partial charge on any atom is -0.363 e. The van der Waals surface area contributed by atoms with E-state index in [4.69, 9.17) is 0 Å². The smallest absolute Gasteiger partial charge is 0.130 e. The van der Waals surface area contributed by atoms with Crippen molar-refractivity contribution in [2.45, 2.75) is 24.9 Å². The zero-order chi connectivity index (χ0) is 13.0. The summed E-state index contributed by atoms with van der Waals surface area (Å²) in [6.45, 7) is 4.27. The molecule has 0 bridgehead atoms. The molecular formula is C14H17N3S. The number of aromatic nitrogens is 2. The Hall–Kier alpha value is -1.55. The Labute approximate surface area is 112 Å². The van der Waals surface area contributed by atoms with Crippen molar-refractivity contribution in [3.05, 3.63) is 47.8 Å². The Morgan fingerprint density at radius 1 is 1.22 bits per heavy atom. The van der Waals surface area contributed by atoms with Crippen LogP contribution in [-0.4, -0.2) is 16.2 Å². The van der Waals surface area contributed by atoms with Crippen molar-refractivity contribution < 1.29 is 0 Å². The molecule has 1 heterocycles. The van der Waals surface area contributed by atoms with Gasteiger partial charge in [-0.3, -0.25) is 0 Å². The molecule has 0 fully saturated rings. The van der Waals surface area contributed by atoms with Crippen LogP contribution in [-0.2, 0) is 0 Å². The second kappa shape index (κ2) is 5.87. The quantitative estimate of drug-likeness (QED) is 0.671. The van der Waals surface area contributed by atoms with Gasteiger partial charge in [-0.1, -0.05) is 24.3 Å². The van der Waals surface area contributed by atoms with Crippen LogP contribution in [0.2, 0.25) is 0 Å². The summed E-state index contributed by atoms with van der Waals surface area (Å²) in [5.74, 6) is 0.866. The molecule has 1 unspecified atom stereocenters. The fourth-order valence-electron chi connectivity index (χ4n) is 1.90. The highest BCUT2D eigenvalue weighted by molar-refractivity contribution is 7.98. The van der Waals surface area contributed by atoms with E-state index in [0.29, 0.717) is 0 Å². The van der Waals surface area contributed by atoms with Crippen molar-refractivity contribution in [2.75, 3.05) is 11.6 Å². The summed E-state index contributed by atoms with van der Waals surface area (Å²) in [6.07, 6.45) is 3.61. The van der Waals surface area contributed by atoms with E-state index >= 15 is 0 Å². The van der Waals surface area contributed by atoms with E-state index < -0.39 is 0 Å². The molecule has 3 nitrogen and oxygen atoms in total. The van der Waals surface area contributed by atoms with Gasteiger partial charge in [0.1, 0.15) is 17.2 Å². The molecule has 1 N–H and O–H groups in total. The van der Waals surface area contributed by atoms with Gasteiger partial charge in [-0.15, -0.1) is 11.8 Å². The van der Waals surface area contributed by atoms with Crippen LogP contribution in [0.25, 0.3) is 0 Å². The normalized spacial score (nSPS) is 12.2. The van der Waals surface area contributed by atoms with Crippen LogP contribution in [0.4, 0.5) is 5.82 Å². The van der Waals surface area contributed by atoms with Gasteiger partial charge in [-0.25, -0.2) is 9.97 Å². The van der Waals surface area contributed by atoms with E-state index in [1.165, 1.54) is 11.1 Å². The van der Waals surface area contributed by atoms with E-state index in [-0.39, 0.29) is 6.04 Å². The van der Waals surface area contributed by atoms with Gasteiger partial charge < -0.3 is 5.32 Å². The van der Waals surface area contributed by atoms with E-state index in [2.05, 4.69) is 53.4 Å². The second-order valence-electron chi connectivity index (χ2n) is 4.17. The first-order valence-corrected chi connectivity index (χ1v) is 7.11. The lowest BCUT2D eigenvalue weighted by atomic mass is 10.0. The number of nitrogens with zero attached hydrogens (tertiary/aromatic N) is 2. The van der Waals surface area contributed by atoms with Crippen LogP contribution in [0, 0.1) is 6.92 Å². The predicted molar refractivity (Wildman–Crippen MR) is 77.0 cm³/mol. The molecule has 1 aromatic carbocycles. The largest absolute Gasteiger partial charge is 0.363 e. The average Bonchev–Trinajstić information content (AvgIpc) is 2.39. The minimum absolute atomic E-state index is 0.232. The number of thioether (sulfide) groups is 1. The maximum atomic E-state index is 4.25. The maximum absolute atomic E-state index is 4.25. The van der Waals surface area contributed by atoms with Gasteiger partial charge in [0, 0.05) is 6.07 Å². The topological polar surface area (TPSA) is 37.8 Å². The molecule has 0 radical (unpaired) electrons. The Morgan fingerprint density at radius 3 is 2.72 bits per heavy atom. The highest BCUT2D eigenvalue weighted by Gasteiger charge is 2.08. The van der Waals surface area contributed by atoms with Gasteiger partial charge in [0.15, 0.2) is 0 Å². The van der Waals surface area contributed by atoms with E-state index in [1.54, 1.807) is 18.1 Å². The molecule has 1 aromatic heterocycles. The highest BCUT2D eigenvalue weighted by Crippen LogP contribution is 2.22. The van der Waals surface area contributed by atoms with Crippen LogP contribution in [0.5, 0.6) is 0 Å². The molecule has 2 aromatic rings. The molecule has 1 atom stereocenters. The Bertz CT molecular complexity index is 528. The molecule has 0 aliphatic carbocycles. The molecule has 0 spiro atoms. The minimum atomic E-state index is 0.232. The number of hydrogen-bond donors (Lipinski definition) is 1. The summed E-state index contributed by atoms with van der Waals surface area (Å²) in [4.78, 5) is 8.41. The average molecular weight is 259 g/mol. The maximum Gasteiger partial charge on any atom is 0.130 e. The summed E-state index contributed by atoms with van der Waals surface area (Å²) in [7, 11) is 0. The molecular weight excluding hydrogens is 242 g/mol. The second-order valence-corrected chi connectivity index (χ2v) is 4.99. The number of rotatable bonds is 4. The van der Waals surface area contributed by atoms with Gasteiger partial charge in [0.2, 0.25) is 0 Å². The lowest BCUT2D eigenvalue weighted by Crippen LogP contribution is -2.09. The van der Waals surface area contributed by atoms with Crippen molar-refractivity contribution >= 4 is 17.6 Å². The summed E-state index contributed by atoms with van der Waals surface area (Å²) < 4.78 is 0. The SMILES string of the molecule is CSc1cc(NC(C)c2ccccc2C)ncn1. The third-order valence-corrected chi connectivity index (χ3v) is 3.51. The Balaban J connectivity index is 2.16. The van der Waals surface area contributed by atoms with E-state index in [9.17, 15) is 0 Å². The molecule has 0 saturated heterocycles. The summed E-state index contributed by atoms with van der Waals surface area (Å²) >= 11 is 1.62. The molecule has 0 aliphatic rings. The number of nitrogens with one attached hydrogen (secondary N) is 1. The number of anilines is 1. The first-order chi connectivity index (χ1) is 8.70.